The van der Waals surface area contributed by atoms with Crippen molar-refractivity contribution in [2.75, 3.05) is 32.8 Å². The number of aliphatic imine (C=N–C) groups is 1. The van der Waals surface area contributed by atoms with Gasteiger partial charge in [0.05, 0.1) is 18.8 Å². The molecule has 0 aromatic heterocycles. The van der Waals surface area contributed by atoms with Crippen LogP contribution < -0.4 is 5.73 Å². The van der Waals surface area contributed by atoms with E-state index in [1.165, 1.54) is 45.2 Å². The van der Waals surface area contributed by atoms with Crippen LogP contribution in [0, 0.1) is 0 Å². The van der Waals surface area contributed by atoms with Crippen molar-refractivity contribution in [2.45, 2.75) is 57.2 Å². The van der Waals surface area contributed by atoms with E-state index in [0.717, 1.165) is 31.7 Å². The third kappa shape index (κ3) is 3.26. The quantitative estimate of drug-likeness (QED) is 0.606. The van der Waals surface area contributed by atoms with Gasteiger partial charge < -0.3 is 20.3 Å². The molecule has 0 amide bonds. The maximum atomic E-state index is 6.15. The summed E-state index contributed by atoms with van der Waals surface area (Å²) in [6.45, 7) is 7.18. The van der Waals surface area contributed by atoms with Gasteiger partial charge in [0.2, 0.25) is 0 Å². The van der Waals surface area contributed by atoms with Gasteiger partial charge in [-0.2, -0.15) is 0 Å². The van der Waals surface area contributed by atoms with E-state index < -0.39 is 0 Å². The molecule has 3 fully saturated rings. The summed E-state index contributed by atoms with van der Waals surface area (Å²) in [6.07, 6.45) is 6.81. The topological polar surface area (TPSA) is 54.1 Å². The number of hydrogen-bond acceptors (Lipinski definition) is 3. The molecule has 114 valence electrons. The molecule has 2 N–H and O–H groups in total. The number of nitrogens with two attached hydrogens (primary N) is 1. The van der Waals surface area contributed by atoms with Gasteiger partial charge in [0.25, 0.3) is 0 Å². The Morgan fingerprint density at radius 1 is 1.15 bits per heavy atom. The molecule has 1 aliphatic carbocycles. The second-order valence-corrected chi connectivity index (χ2v) is 6.49. The van der Waals surface area contributed by atoms with Gasteiger partial charge in [-0.3, -0.25) is 0 Å². The van der Waals surface area contributed by atoms with Crippen LogP contribution in [0.5, 0.6) is 0 Å². The van der Waals surface area contributed by atoms with Crippen LogP contribution in [0.15, 0.2) is 4.99 Å². The Labute approximate surface area is 122 Å². The predicted octanol–water partition coefficient (Wildman–Crippen LogP) is 1.04. The lowest BCUT2D eigenvalue weighted by molar-refractivity contribution is 0.00493. The Bertz CT molecular complexity index is 348. The first kappa shape index (κ1) is 14.1. The summed E-state index contributed by atoms with van der Waals surface area (Å²) < 4.78 is 5.54. The van der Waals surface area contributed by atoms with Crippen molar-refractivity contribution in [1.29, 1.82) is 0 Å². The minimum absolute atomic E-state index is 0.264. The molecule has 0 bridgehead atoms. The van der Waals surface area contributed by atoms with E-state index in [0.29, 0.717) is 6.04 Å². The van der Waals surface area contributed by atoms with E-state index in [1.807, 2.05) is 0 Å². The Balaban J connectivity index is 1.45. The zero-order chi connectivity index (χ0) is 13.9. The van der Waals surface area contributed by atoms with Gasteiger partial charge in [0.15, 0.2) is 5.96 Å². The van der Waals surface area contributed by atoms with Crippen molar-refractivity contribution in [3.05, 3.63) is 0 Å². The first-order valence-corrected chi connectivity index (χ1v) is 8.16. The van der Waals surface area contributed by atoms with Crippen LogP contribution in [-0.4, -0.2) is 66.7 Å². The predicted molar refractivity (Wildman–Crippen MR) is 80.8 cm³/mol. The number of rotatable bonds is 2. The lowest BCUT2D eigenvalue weighted by Gasteiger charge is -2.43. The van der Waals surface area contributed by atoms with Gasteiger partial charge in [-0.1, -0.05) is 6.42 Å². The van der Waals surface area contributed by atoms with Crippen molar-refractivity contribution in [2.24, 2.45) is 10.7 Å². The summed E-state index contributed by atoms with van der Waals surface area (Å²) in [4.78, 5) is 9.55. The second kappa shape index (κ2) is 6.31. The lowest BCUT2D eigenvalue weighted by atomic mass is 9.85. The Hall–Kier alpha value is -0.810. The van der Waals surface area contributed by atoms with E-state index in [1.54, 1.807) is 0 Å². The zero-order valence-corrected chi connectivity index (χ0v) is 12.6. The third-order valence-corrected chi connectivity index (χ3v) is 4.88. The van der Waals surface area contributed by atoms with Crippen LogP contribution in [0.25, 0.3) is 0 Å². The van der Waals surface area contributed by atoms with Gasteiger partial charge in [-0.05, 0) is 45.7 Å². The molecule has 2 saturated heterocycles. The van der Waals surface area contributed by atoms with E-state index >= 15 is 0 Å². The summed E-state index contributed by atoms with van der Waals surface area (Å²) in [5.41, 5.74) is 6.15. The molecule has 1 saturated carbocycles. The number of piperidine rings is 1. The van der Waals surface area contributed by atoms with E-state index in [9.17, 15) is 0 Å². The highest BCUT2D eigenvalue weighted by Gasteiger charge is 2.34. The molecule has 0 radical (unpaired) electrons. The Kier molecular flexibility index (Phi) is 4.46. The van der Waals surface area contributed by atoms with Crippen LogP contribution in [0.2, 0.25) is 0 Å². The largest absolute Gasteiger partial charge is 0.375 e. The van der Waals surface area contributed by atoms with Crippen LogP contribution in [0.3, 0.4) is 0 Å². The maximum Gasteiger partial charge on any atom is 0.191 e. The fourth-order valence-corrected chi connectivity index (χ4v) is 3.54. The number of guanidine groups is 1. The molecule has 1 unspecified atom stereocenters. The number of likely N-dealkylation sites (tertiary alicyclic amines) is 1. The van der Waals surface area contributed by atoms with Crippen molar-refractivity contribution in [1.82, 2.24) is 9.80 Å². The Morgan fingerprint density at radius 3 is 2.60 bits per heavy atom. The van der Waals surface area contributed by atoms with E-state index in [-0.39, 0.29) is 6.10 Å². The van der Waals surface area contributed by atoms with Crippen molar-refractivity contribution in [3.63, 3.8) is 0 Å². The van der Waals surface area contributed by atoms with E-state index in [2.05, 4.69) is 16.7 Å². The number of ether oxygens (including phenoxy) is 1. The summed E-state index contributed by atoms with van der Waals surface area (Å²) in [6, 6.07) is 1.21. The molecule has 5 heteroatoms. The zero-order valence-electron chi connectivity index (χ0n) is 12.6. The standard InChI is InChI=1S/C15H28N4O/c1-12-11-19(7-8-20-12)15(16)17-13-9-14(10-13)18-5-3-2-4-6-18/h12-14H,2-11H2,1H3,(H2,16,17). The molecule has 0 aromatic carbocycles. The Morgan fingerprint density at radius 2 is 1.90 bits per heavy atom. The summed E-state index contributed by atoms with van der Waals surface area (Å²) in [5.74, 6) is 0.724. The lowest BCUT2D eigenvalue weighted by Crippen LogP contribution is -2.51. The average molecular weight is 280 g/mol. The van der Waals surface area contributed by atoms with E-state index in [4.69, 9.17) is 15.5 Å². The summed E-state index contributed by atoms with van der Waals surface area (Å²) in [7, 11) is 0. The normalized spacial score (nSPS) is 36.8. The van der Waals surface area contributed by atoms with Gasteiger partial charge in [-0.25, -0.2) is 4.99 Å². The second-order valence-electron chi connectivity index (χ2n) is 6.49. The van der Waals surface area contributed by atoms with Gasteiger partial charge in [-0.15, -0.1) is 0 Å². The fraction of sp³-hybridized carbons (Fsp3) is 0.933. The third-order valence-electron chi connectivity index (χ3n) is 4.88. The molecule has 0 spiro atoms. The van der Waals surface area contributed by atoms with Crippen LogP contribution >= 0.6 is 0 Å². The molecule has 1 atom stereocenters. The monoisotopic (exact) mass is 280 g/mol. The fourth-order valence-electron chi connectivity index (χ4n) is 3.54. The maximum absolute atomic E-state index is 6.15. The molecule has 20 heavy (non-hydrogen) atoms. The van der Waals surface area contributed by atoms with Gasteiger partial charge >= 0.3 is 0 Å². The van der Waals surface area contributed by atoms with Crippen molar-refractivity contribution >= 4 is 5.96 Å². The molecule has 0 aromatic rings. The first-order valence-electron chi connectivity index (χ1n) is 8.16. The van der Waals surface area contributed by atoms with Crippen molar-refractivity contribution < 1.29 is 4.74 Å². The average Bonchev–Trinajstić information content (AvgIpc) is 2.43. The highest BCUT2D eigenvalue weighted by atomic mass is 16.5. The molecule has 3 rings (SSSR count). The summed E-state index contributed by atoms with van der Waals surface area (Å²) >= 11 is 0. The molecule has 2 aliphatic heterocycles. The molecular formula is C15H28N4O. The summed E-state index contributed by atoms with van der Waals surface area (Å²) in [5, 5.41) is 0. The molecule has 5 nitrogen and oxygen atoms in total. The minimum atomic E-state index is 0.264. The van der Waals surface area contributed by atoms with Gasteiger partial charge in [0, 0.05) is 19.1 Å². The van der Waals surface area contributed by atoms with Crippen molar-refractivity contribution in [3.8, 4) is 0 Å². The van der Waals surface area contributed by atoms with Gasteiger partial charge in [0.1, 0.15) is 0 Å². The molecule has 3 aliphatic rings. The highest BCUT2D eigenvalue weighted by Crippen LogP contribution is 2.30. The molecular weight excluding hydrogens is 252 g/mol. The smallest absolute Gasteiger partial charge is 0.191 e. The number of morpholine rings is 1. The number of nitrogens with zero attached hydrogens (tertiary/aromatic N) is 3. The van der Waals surface area contributed by atoms with Crippen LogP contribution in [0.4, 0.5) is 0 Å². The highest BCUT2D eigenvalue weighted by molar-refractivity contribution is 5.78. The minimum Gasteiger partial charge on any atom is -0.375 e. The van der Waals surface area contributed by atoms with Crippen LogP contribution in [-0.2, 0) is 4.74 Å². The first-order chi connectivity index (χ1) is 9.72. The molecule has 2 heterocycles. The number of hydrogen-bond donors (Lipinski definition) is 1. The van der Waals surface area contributed by atoms with Crippen LogP contribution in [0.1, 0.15) is 39.0 Å². The SMILES string of the molecule is CC1CN(C(N)=NC2CC(N3CCCCC3)C2)CCO1.